The summed E-state index contributed by atoms with van der Waals surface area (Å²) in [5.74, 6) is -3.07. The lowest BCUT2D eigenvalue weighted by atomic mass is 9.83. The maximum atomic E-state index is 12.7. The first kappa shape index (κ1) is 23.8. The first-order chi connectivity index (χ1) is 14.2. The molecule has 0 amide bonds. The number of carbonyl (C=O) groups is 3. The molecule has 2 aliphatic rings. The van der Waals surface area contributed by atoms with Gasteiger partial charge in [-0.25, -0.2) is 4.79 Å². The molecular weight excluding hydrogens is 392 g/mol. The minimum absolute atomic E-state index is 0.0745. The van der Waals surface area contributed by atoms with Crippen LogP contribution in [0.15, 0.2) is 35.5 Å². The molecular formula is C22H30O8. The molecule has 166 valence electrons. The normalized spacial score (nSPS) is 31.4. The lowest BCUT2D eigenvalue weighted by Crippen LogP contribution is -2.46. The van der Waals surface area contributed by atoms with E-state index in [1.165, 1.54) is 6.92 Å². The van der Waals surface area contributed by atoms with Crippen LogP contribution in [0.2, 0.25) is 0 Å². The highest BCUT2D eigenvalue weighted by atomic mass is 16.6. The van der Waals surface area contributed by atoms with E-state index in [0.717, 1.165) is 0 Å². The average molecular weight is 422 g/mol. The summed E-state index contributed by atoms with van der Waals surface area (Å²) in [5.41, 5.74) is 1.06. The number of hydrogen-bond donors (Lipinski definition) is 2. The number of aliphatic hydroxyl groups is 2. The van der Waals surface area contributed by atoms with E-state index in [4.69, 9.17) is 14.2 Å². The van der Waals surface area contributed by atoms with Crippen molar-refractivity contribution in [2.75, 3.05) is 13.2 Å². The van der Waals surface area contributed by atoms with E-state index in [9.17, 15) is 24.6 Å². The van der Waals surface area contributed by atoms with Gasteiger partial charge in [-0.1, -0.05) is 26.5 Å². The zero-order valence-corrected chi connectivity index (χ0v) is 17.6. The van der Waals surface area contributed by atoms with E-state index in [1.807, 2.05) is 6.92 Å². The van der Waals surface area contributed by atoms with Gasteiger partial charge in [-0.05, 0) is 36.5 Å². The van der Waals surface area contributed by atoms with Gasteiger partial charge in [-0.15, -0.1) is 0 Å². The van der Waals surface area contributed by atoms with Crippen molar-refractivity contribution >= 4 is 17.9 Å². The number of rotatable bonds is 6. The first-order valence-corrected chi connectivity index (χ1v) is 10.1. The number of carbonyl (C=O) groups excluding carboxylic acids is 3. The Bertz CT molecular complexity index is 750. The Morgan fingerprint density at radius 1 is 1.30 bits per heavy atom. The van der Waals surface area contributed by atoms with Crippen molar-refractivity contribution in [3.63, 3.8) is 0 Å². The number of esters is 3. The highest BCUT2D eigenvalue weighted by molar-refractivity contribution is 5.91. The molecule has 1 aliphatic carbocycles. The number of allylic oxidation sites excluding steroid dienone is 1. The average Bonchev–Trinajstić information content (AvgIpc) is 2.99. The number of hydrogen-bond acceptors (Lipinski definition) is 8. The van der Waals surface area contributed by atoms with Gasteiger partial charge in [-0.2, -0.15) is 0 Å². The minimum atomic E-state index is -1.13. The van der Waals surface area contributed by atoms with Crippen LogP contribution < -0.4 is 0 Å². The third-order valence-corrected chi connectivity index (χ3v) is 5.50. The van der Waals surface area contributed by atoms with Crippen LogP contribution in [0.25, 0.3) is 0 Å². The summed E-state index contributed by atoms with van der Waals surface area (Å²) in [5, 5.41) is 19.6. The molecule has 0 radical (unpaired) electrons. The van der Waals surface area contributed by atoms with Crippen LogP contribution in [0.1, 0.15) is 40.0 Å². The smallest absolute Gasteiger partial charge is 0.334 e. The quantitative estimate of drug-likeness (QED) is 0.287. The van der Waals surface area contributed by atoms with Crippen LogP contribution in [-0.2, 0) is 28.6 Å². The van der Waals surface area contributed by atoms with Crippen LogP contribution in [0.3, 0.4) is 0 Å². The number of ether oxygens (including phenoxy) is 3. The Morgan fingerprint density at radius 3 is 2.57 bits per heavy atom. The van der Waals surface area contributed by atoms with Crippen LogP contribution >= 0.6 is 0 Å². The molecule has 0 spiro atoms. The standard InChI is InChI=1S/C22H30O8/c1-5-12(2)21(26)30-20-18-13(3)22(27)29-17(18)9-15(10-23)7-6-8-16(11-24)19(20)28-14(4)25/h8-9,12,17-20,23-24H,3,5-7,10-11H2,1-2,4H3/b15-9+,16-8-/t12?,17-,18?,19?,20?/m1/s1. The fourth-order valence-corrected chi connectivity index (χ4v) is 3.56. The molecule has 1 fully saturated rings. The summed E-state index contributed by atoms with van der Waals surface area (Å²) in [4.78, 5) is 36.8. The maximum Gasteiger partial charge on any atom is 0.334 e. The van der Waals surface area contributed by atoms with Crippen molar-refractivity contribution < 1.29 is 38.8 Å². The predicted molar refractivity (Wildman–Crippen MR) is 107 cm³/mol. The van der Waals surface area contributed by atoms with Crippen molar-refractivity contribution in [1.29, 1.82) is 0 Å². The fourth-order valence-electron chi connectivity index (χ4n) is 3.56. The second-order valence-electron chi connectivity index (χ2n) is 7.62. The molecule has 0 aromatic rings. The molecule has 8 nitrogen and oxygen atoms in total. The van der Waals surface area contributed by atoms with Gasteiger partial charge in [-0.3, -0.25) is 9.59 Å². The fraction of sp³-hybridized carbons (Fsp3) is 0.591. The molecule has 1 heterocycles. The van der Waals surface area contributed by atoms with Gasteiger partial charge < -0.3 is 24.4 Å². The van der Waals surface area contributed by atoms with Gasteiger partial charge in [0.25, 0.3) is 0 Å². The molecule has 4 unspecified atom stereocenters. The zero-order chi connectivity index (χ0) is 22.4. The molecule has 5 atom stereocenters. The van der Waals surface area contributed by atoms with E-state index in [-0.39, 0.29) is 12.2 Å². The van der Waals surface area contributed by atoms with Gasteiger partial charge in [0, 0.05) is 12.5 Å². The first-order valence-electron chi connectivity index (χ1n) is 10.1. The van der Waals surface area contributed by atoms with Crippen LogP contribution in [0.4, 0.5) is 0 Å². The predicted octanol–water partition coefficient (Wildman–Crippen LogP) is 1.60. The summed E-state index contributed by atoms with van der Waals surface area (Å²) < 4.78 is 16.7. The molecule has 0 aromatic carbocycles. The van der Waals surface area contributed by atoms with Gasteiger partial charge in [0.2, 0.25) is 0 Å². The molecule has 0 bridgehead atoms. The van der Waals surface area contributed by atoms with Crippen LogP contribution in [0.5, 0.6) is 0 Å². The van der Waals surface area contributed by atoms with E-state index in [2.05, 4.69) is 6.58 Å². The molecule has 30 heavy (non-hydrogen) atoms. The molecule has 0 aromatic heterocycles. The van der Waals surface area contributed by atoms with E-state index in [1.54, 1.807) is 19.1 Å². The second kappa shape index (κ2) is 10.5. The van der Waals surface area contributed by atoms with Crippen molar-refractivity contribution in [2.45, 2.75) is 58.3 Å². The Kier molecular flexibility index (Phi) is 8.37. The van der Waals surface area contributed by atoms with Crippen molar-refractivity contribution in [3.05, 3.63) is 35.5 Å². The Labute approximate surface area is 176 Å². The summed E-state index contributed by atoms with van der Waals surface area (Å²) >= 11 is 0. The molecule has 8 heteroatoms. The SMILES string of the molecule is C=C1C(=O)O[C@@H]2/C=C(/CO)CC/C=C(/CO)C(OC(C)=O)C(OC(=O)C(C)CC)C12. The Balaban J connectivity index is 2.61. The second-order valence-corrected chi connectivity index (χ2v) is 7.62. The lowest BCUT2D eigenvalue weighted by Gasteiger charge is -2.34. The number of fused-ring (bicyclic) bond motifs is 1. The monoisotopic (exact) mass is 422 g/mol. The van der Waals surface area contributed by atoms with Crippen molar-refractivity contribution in [1.82, 2.24) is 0 Å². The molecule has 2 rings (SSSR count). The van der Waals surface area contributed by atoms with E-state index < -0.39 is 54.7 Å². The van der Waals surface area contributed by atoms with E-state index >= 15 is 0 Å². The Morgan fingerprint density at radius 2 is 2.00 bits per heavy atom. The summed E-state index contributed by atoms with van der Waals surface area (Å²) in [6.07, 6.45) is 1.67. The van der Waals surface area contributed by atoms with E-state index in [0.29, 0.717) is 30.4 Å². The Hall–Kier alpha value is -2.45. The lowest BCUT2D eigenvalue weighted by molar-refractivity contribution is -0.171. The molecule has 2 N–H and O–H groups in total. The van der Waals surface area contributed by atoms with Crippen LogP contribution in [0, 0.1) is 11.8 Å². The molecule has 1 saturated heterocycles. The zero-order valence-electron chi connectivity index (χ0n) is 17.6. The minimum Gasteiger partial charge on any atom is -0.457 e. The maximum absolute atomic E-state index is 12.7. The van der Waals surface area contributed by atoms with Gasteiger partial charge in [0.15, 0.2) is 12.2 Å². The largest absolute Gasteiger partial charge is 0.457 e. The van der Waals surface area contributed by atoms with Gasteiger partial charge in [0.05, 0.1) is 25.0 Å². The highest BCUT2D eigenvalue weighted by Gasteiger charge is 2.49. The topological polar surface area (TPSA) is 119 Å². The van der Waals surface area contributed by atoms with Gasteiger partial charge in [0.1, 0.15) is 6.10 Å². The van der Waals surface area contributed by atoms with Crippen LogP contribution in [-0.4, -0.2) is 59.6 Å². The molecule has 1 aliphatic heterocycles. The third kappa shape index (κ3) is 5.37. The highest BCUT2D eigenvalue weighted by Crippen LogP contribution is 2.37. The van der Waals surface area contributed by atoms with Gasteiger partial charge >= 0.3 is 17.9 Å². The number of aliphatic hydroxyl groups excluding tert-OH is 2. The molecule has 0 saturated carbocycles. The summed E-state index contributed by atoms with van der Waals surface area (Å²) in [7, 11) is 0. The van der Waals surface area contributed by atoms with Crippen molar-refractivity contribution in [2.24, 2.45) is 11.8 Å². The summed E-state index contributed by atoms with van der Waals surface area (Å²) in [6.45, 7) is 7.89. The third-order valence-electron chi connectivity index (χ3n) is 5.50. The summed E-state index contributed by atoms with van der Waals surface area (Å²) in [6, 6.07) is 0. The van der Waals surface area contributed by atoms with Crippen molar-refractivity contribution in [3.8, 4) is 0 Å².